The van der Waals surface area contributed by atoms with Crippen molar-refractivity contribution in [2.24, 2.45) is 0 Å². The molecule has 2 heterocycles. The van der Waals surface area contributed by atoms with Crippen LogP contribution in [0.5, 0.6) is 0 Å². The summed E-state index contributed by atoms with van der Waals surface area (Å²) in [5.41, 5.74) is 2.88. The maximum atomic E-state index is 10.5. The molecule has 3 aromatic rings. The Morgan fingerprint density at radius 1 is 1.20 bits per heavy atom. The third-order valence-electron chi connectivity index (χ3n) is 3.48. The standard InChI is InChI=1S/C16H16N2OS/c1-10-11(2)20-16(18-10)9-15(19)13-7-8-17-14-6-4-3-5-12(13)14/h3-8,15,19H,9H2,1-2H3. The lowest BCUT2D eigenvalue weighted by atomic mass is 10.0. The number of benzene rings is 1. The van der Waals surface area contributed by atoms with E-state index in [9.17, 15) is 5.11 Å². The van der Waals surface area contributed by atoms with Gasteiger partial charge in [-0.2, -0.15) is 0 Å². The molecule has 102 valence electrons. The summed E-state index contributed by atoms with van der Waals surface area (Å²) >= 11 is 1.66. The lowest BCUT2D eigenvalue weighted by Gasteiger charge is -2.12. The van der Waals surface area contributed by atoms with E-state index in [2.05, 4.69) is 16.9 Å². The first kappa shape index (κ1) is 13.2. The average molecular weight is 284 g/mol. The van der Waals surface area contributed by atoms with E-state index < -0.39 is 6.10 Å². The van der Waals surface area contributed by atoms with Gasteiger partial charge in [0, 0.05) is 22.9 Å². The van der Waals surface area contributed by atoms with Crippen molar-refractivity contribution in [3.05, 3.63) is 57.7 Å². The Balaban J connectivity index is 1.94. The molecular formula is C16H16N2OS. The van der Waals surface area contributed by atoms with E-state index in [0.29, 0.717) is 6.42 Å². The molecule has 0 saturated heterocycles. The molecule has 2 aromatic heterocycles. The van der Waals surface area contributed by atoms with Gasteiger partial charge in [-0.1, -0.05) is 18.2 Å². The van der Waals surface area contributed by atoms with Crippen LogP contribution in [0.15, 0.2) is 36.5 Å². The summed E-state index contributed by atoms with van der Waals surface area (Å²) in [5.74, 6) is 0. The molecule has 0 saturated carbocycles. The summed E-state index contributed by atoms with van der Waals surface area (Å²) in [6.45, 7) is 4.06. The number of nitrogens with zero attached hydrogens (tertiary/aromatic N) is 2. The average Bonchev–Trinajstić information content (AvgIpc) is 2.76. The predicted octanol–water partition coefficient (Wildman–Crippen LogP) is 3.58. The van der Waals surface area contributed by atoms with Gasteiger partial charge in [0.1, 0.15) is 0 Å². The number of hydrogen-bond acceptors (Lipinski definition) is 4. The van der Waals surface area contributed by atoms with Crippen LogP contribution < -0.4 is 0 Å². The summed E-state index contributed by atoms with van der Waals surface area (Å²) in [5, 5.41) is 12.5. The van der Waals surface area contributed by atoms with Crippen molar-refractivity contribution in [3.63, 3.8) is 0 Å². The van der Waals surface area contributed by atoms with Crippen LogP contribution in [0.3, 0.4) is 0 Å². The summed E-state index contributed by atoms with van der Waals surface area (Å²) in [4.78, 5) is 10.0. The highest BCUT2D eigenvalue weighted by molar-refractivity contribution is 7.11. The third kappa shape index (κ3) is 2.44. The first-order valence-electron chi connectivity index (χ1n) is 6.60. The van der Waals surface area contributed by atoms with Crippen LogP contribution >= 0.6 is 11.3 Å². The molecule has 0 amide bonds. The Morgan fingerprint density at radius 2 is 2.00 bits per heavy atom. The molecule has 3 rings (SSSR count). The van der Waals surface area contributed by atoms with Gasteiger partial charge in [0.2, 0.25) is 0 Å². The highest BCUT2D eigenvalue weighted by Gasteiger charge is 2.15. The topological polar surface area (TPSA) is 46.0 Å². The van der Waals surface area contributed by atoms with Crippen molar-refractivity contribution < 1.29 is 5.11 Å². The number of aliphatic hydroxyl groups excluding tert-OH is 1. The van der Waals surface area contributed by atoms with Gasteiger partial charge < -0.3 is 5.11 Å². The molecule has 1 aromatic carbocycles. The molecule has 20 heavy (non-hydrogen) atoms. The van der Waals surface area contributed by atoms with Gasteiger partial charge in [-0.15, -0.1) is 11.3 Å². The van der Waals surface area contributed by atoms with E-state index in [1.807, 2.05) is 37.3 Å². The van der Waals surface area contributed by atoms with Crippen LogP contribution in [-0.4, -0.2) is 15.1 Å². The zero-order valence-corrected chi connectivity index (χ0v) is 12.3. The number of aromatic nitrogens is 2. The Morgan fingerprint density at radius 3 is 2.75 bits per heavy atom. The van der Waals surface area contributed by atoms with E-state index in [1.54, 1.807) is 17.5 Å². The maximum Gasteiger partial charge on any atom is 0.0960 e. The fourth-order valence-corrected chi connectivity index (χ4v) is 3.28. The van der Waals surface area contributed by atoms with Crippen molar-refractivity contribution in [2.45, 2.75) is 26.4 Å². The van der Waals surface area contributed by atoms with Crippen LogP contribution in [0, 0.1) is 13.8 Å². The first-order chi connectivity index (χ1) is 9.65. The summed E-state index contributed by atoms with van der Waals surface area (Å²) < 4.78 is 0. The molecule has 1 atom stereocenters. The van der Waals surface area contributed by atoms with Crippen LogP contribution in [0.1, 0.15) is 27.2 Å². The monoisotopic (exact) mass is 284 g/mol. The molecule has 4 heteroatoms. The molecule has 0 aliphatic heterocycles. The predicted molar refractivity (Wildman–Crippen MR) is 82.0 cm³/mol. The van der Waals surface area contributed by atoms with Gasteiger partial charge in [0.15, 0.2) is 0 Å². The van der Waals surface area contributed by atoms with Gasteiger partial charge >= 0.3 is 0 Å². The van der Waals surface area contributed by atoms with E-state index in [4.69, 9.17) is 0 Å². The number of rotatable bonds is 3. The van der Waals surface area contributed by atoms with Gasteiger partial charge in [-0.3, -0.25) is 4.98 Å². The van der Waals surface area contributed by atoms with Crippen LogP contribution in [0.25, 0.3) is 10.9 Å². The van der Waals surface area contributed by atoms with Gasteiger partial charge in [-0.25, -0.2) is 4.98 Å². The minimum atomic E-state index is -0.548. The molecule has 0 spiro atoms. The molecule has 0 fully saturated rings. The fourth-order valence-electron chi connectivity index (χ4n) is 2.31. The molecule has 0 radical (unpaired) electrons. The van der Waals surface area contributed by atoms with Crippen LogP contribution in [-0.2, 0) is 6.42 Å². The normalized spacial score (nSPS) is 12.8. The Hall–Kier alpha value is -1.78. The van der Waals surface area contributed by atoms with Crippen molar-refractivity contribution in [3.8, 4) is 0 Å². The van der Waals surface area contributed by atoms with Crippen molar-refractivity contribution in [2.75, 3.05) is 0 Å². The summed E-state index contributed by atoms with van der Waals surface area (Å²) in [7, 11) is 0. The Kier molecular flexibility index (Phi) is 3.51. The zero-order valence-electron chi connectivity index (χ0n) is 11.5. The number of para-hydroxylation sites is 1. The second-order valence-electron chi connectivity index (χ2n) is 4.89. The number of pyridine rings is 1. The Labute approximate surface area is 122 Å². The third-order valence-corrected chi connectivity index (χ3v) is 4.58. The number of hydrogen-bond donors (Lipinski definition) is 1. The van der Waals surface area contributed by atoms with Crippen molar-refractivity contribution in [1.29, 1.82) is 0 Å². The molecule has 0 bridgehead atoms. The Bertz CT molecular complexity index is 726. The van der Waals surface area contributed by atoms with Crippen molar-refractivity contribution in [1.82, 2.24) is 9.97 Å². The zero-order chi connectivity index (χ0) is 14.1. The second-order valence-corrected chi connectivity index (χ2v) is 6.17. The highest BCUT2D eigenvalue weighted by Crippen LogP contribution is 2.27. The SMILES string of the molecule is Cc1nc(CC(O)c2ccnc3ccccc23)sc1C. The first-order valence-corrected chi connectivity index (χ1v) is 7.41. The number of fused-ring (bicyclic) bond motifs is 1. The second kappa shape index (κ2) is 5.31. The van der Waals surface area contributed by atoms with E-state index in [1.165, 1.54) is 4.88 Å². The van der Waals surface area contributed by atoms with Gasteiger partial charge in [-0.05, 0) is 31.5 Å². The quantitative estimate of drug-likeness (QED) is 0.799. The van der Waals surface area contributed by atoms with Gasteiger partial charge in [0.25, 0.3) is 0 Å². The van der Waals surface area contributed by atoms with E-state index >= 15 is 0 Å². The highest BCUT2D eigenvalue weighted by atomic mass is 32.1. The van der Waals surface area contributed by atoms with Gasteiger partial charge in [0.05, 0.1) is 22.3 Å². The van der Waals surface area contributed by atoms with Crippen LogP contribution in [0.4, 0.5) is 0 Å². The number of aryl methyl sites for hydroxylation is 2. The summed E-state index contributed by atoms with van der Waals surface area (Å²) in [6, 6.07) is 9.78. The maximum absolute atomic E-state index is 10.5. The minimum absolute atomic E-state index is 0.548. The lowest BCUT2D eigenvalue weighted by molar-refractivity contribution is 0.180. The molecule has 1 N–H and O–H groups in total. The smallest absolute Gasteiger partial charge is 0.0960 e. The van der Waals surface area contributed by atoms with E-state index in [0.717, 1.165) is 27.2 Å². The van der Waals surface area contributed by atoms with Crippen LogP contribution in [0.2, 0.25) is 0 Å². The largest absolute Gasteiger partial charge is 0.388 e. The lowest BCUT2D eigenvalue weighted by Crippen LogP contribution is -2.03. The molecule has 0 aliphatic rings. The molecule has 0 aliphatic carbocycles. The van der Waals surface area contributed by atoms with Crippen molar-refractivity contribution >= 4 is 22.2 Å². The molecule has 3 nitrogen and oxygen atoms in total. The summed E-state index contributed by atoms with van der Waals surface area (Å²) in [6.07, 6.45) is 1.75. The molecule has 1 unspecified atom stereocenters. The fraction of sp³-hybridized carbons (Fsp3) is 0.250. The number of aliphatic hydroxyl groups is 1. The molecular weight excluding hydrogens is 268 g/mol. The van der Waals surface area contributed by atoms with E-state index in [-0.39, 0.29) is 0 Å². The number of thiazole rings is 1. The minimum Gasteiger partial charge on any atom is -0.388 e.